The number of non-ortho nitro benzene ring substituents is 1. The number of nitro benzene ring substituents is 1. The molecule has 0 heterocycles. The summed E-state index contributed by atoms with van der Waals surface area (Å²) < 4.78 is 0. The van der Waals surface area contributed by atoms with Gasteiger partial charge in [0.05, 0.1) is 10.8 Å². The van der Waals surface area contributed by atoms with Crippen LogP contribution in [-0.2, 0) is 11.2 Å². The first-order valence-electron chi connectivity index (χ1n) is 4.94. The van der Waals surface area contributed by atoms with Crippen LogP contribution in [0.3, 0.4) is 0 Å². The third-order valence-corrected chi connectivity index (χ3v) is 2.55. The van der Waals surface area contributed by atoms with Gasteiger partial charge in [-0.1, -0.05) is 24.4 Å². The molecule has 1 unspecified atom stereocenters. The van der Waals surface area contributed by atoms with E-state index in [2.05, 4.69) is 12.2 Å². The van der Waals surface area contributed by atoms with Gasteiger partial charge in [-0.2, -0.15) is 0 Å². The fourth-order valence-corrected chi connectivity index (χ4v) is 1.66. The maximum atomic E-state index is 10.9. The average Bonchev–Trinajstić information content (AvgIpc) is 2.29. The molecule has 0 saturated heterocycles. The average molecular weight is 253 g/mol. The number of aliphatic carboxylic acids is 1. The van der Waals surface area contributed by atoms with Crippen molar-refractivity contribution in [3.63, 3.8) is 0 Å². The van der Waals surface area contributed by atoms with Crippen LogP contribution in [0.5, 0.6) is 0 Å². The molecule has 90 valence electrons. The Morgan fingerprint density at radius 1 is 1.47 bits per heavy atom. The topological polar surface area (TPSA) is 80.4 Å². The monoisotopic (exact) mass is 253 g/mol. The molecule has 0 aliphatic heterocycles. The van der Waals surface area contributed by atoms with E-state index >= 15 is 0 Å². The van der Waals surface area contributed by atoms with E-state index in [0.717, 1.165) is 5.56 Å². The number of hydrogen-bond acceptors (Lipinski definition) is 4. The largest absolute Gasteiger partial charge is 0.481 e. The summed E-state index contributed by atoms with van der Waals surface area (Å²) in [4.78, 5) is 20.8. The van der Waals surface area contributed by atoms with E-state index in [1.165, 1.54) is 17.5 Å². The maximum Gasteiger partial charge on any atom is 0.307 e. The fraction of sp³-hybridized carbons (Fsp3) is 0.273. The Hall–Kier alpha value is -1.82. The molecule has 1 N–H and O–H groups in total. The molecule has 0 aliphatic carbocycles. The third kappa shape index (κ3) is 3.92. The van der Waals surface area contributed by atoms with Gasteiger partial charge in [0.15, 0.2) is 0 Å². The third-order valence-electron chi connectivity index (χ3n) is 2.36. The van der Waals surface area contributed by atoms with E-state index in [1.807, 2.05) is 0 Å². The number of hydrogen-bond donors (Lipinski definition) is 1. The van der Waals surface area contributed by atoms with Crippen LogP contribution in [0.4, 0.5) is 5.69 Å². The van der Waals surface area contributed by atoms with E-state index in [0.29, 0.717) is 12.8 Å². The van der Waals surface area contributed by atoms with Crippen LogP contribution in [-0.4, -0.2) is 21.4 Å². The van der Waals surface area contributed by atoms with E-state index < -0.39 is 16.8 Å². The van der Waals surface area contributed by atoms with Crippen LogP contribution in [0.15, 0.2) is 24.3 Å². The van der Waals surface area contributed by atoms with Gasteiger partial charge in [-0.05, 0) is 23.8 Å². The summed E-state index contributed by atoms with van der Waals surface area (Å²) in [5, 5.41) is 20.8. The quantitative estimate of drug-likeness (QED) is 0.477. The lowest BCUT2D eigenvalue weighted by Gasteiger charge is -2.09. The molecule has 0 aliphatic rings. The second kappa shape index (κ2) is 6.05. The molecule has 6 heteroatoms. The number of nitro groups is 1. The Morgan fingerprint density at radius 2 is 2.06 bits per heavy atom. The summed E-state index contributed by atoms with van der Waals surface area (Å²) in [5.41, 5.74) is 0.746. The summed E-state index contributed by atoms with van der Waals surface area (Å²) in [7, 11) is 0. The molecule has 0 spiro atoms. The molecule has 1 aromatic carbocycles. The minimum absolute atomic E-state index is 0.00421. The highest BCUT2D eigenvalue weighted by atomic mass is 32.1. The van der Waals surface area contributed by atoms with Gasteiger partial charge in [-0.3, -0.25) is 14.9 Å². The zero-order chi connectivity index (χ0) is 12.8. The van der Waals surface area contributed by atoms with Crippen molar-refractivity contribution >= 4 is 29.2 Å². The Kier molecular flexibility index (Phi) is 4.71. The number of carboxylic acids is 1. The van der Waals surface area contributed by atoms with Crippen LogP contribution in [0, 0.1) is 16.0 Å². The molecule has 1 aromatic rings. The zero-order valence-corrected chi connectivity index (χ0v) is 9.72. The van der Waals surface area contributed by atoms with Crippen molar-refractivity contribution in [2.75, 3.05) is 0 Å². The Bertz CT molecular complexity index is 430. The lowest BCUT2D eigenvalue weighted by molar-refractivity contribution is -0.384. The predicted octanol–water partition coefficient (Wildman–Crippen LogP) is 2.23. The first-order chi connectivity index (χ1) is 8.04. The highest BCUT2D eigenvalue weighted by molar-refractivity contribution is 7.78. The van der Waals surface area contributed by atoms with E-state index in [-0.39, 0.29) is 5.69 Å². The van der Waals surface area contributed by atoms with Crippen molar-refractivity contribution in [2.45, 2.75) is 12.8 Å². The number of nitrogens with zero attached hydrogens (tertiary/aromatic N) is 1. The van der Waals surface area contributed by atoms with Crippen molar-refractivity contribution in [1.29, 1.82) is 0 Å². The van der Waals surface area contributed by atoms with Crippen molar-refractivity contribution < 1.29 is 14.8 Å². The van der Waals surface area contributed by atoms with E-state index in [1.54, 1.807) is 12.1 Å². The predicted molar refractivity (Wildman–Crippen MR) is 66.2 cm³/mol. The van der Waals surface area contributed by atoms with E-state index in [9.17, 15) is 14.9 Å². The smallest absolute Gasteiger partial charge is 0.307 e. The van der Waals surface area contributed by atoms with Crippen molar-refractivity contribution in [3.8, 4) is 0 Å². The zero-order valence-electron chi connectivity index (χ0n) is 8.91. The van der Waals surface area contributed by atoms with E-state index in [4.69, 9.17) is 5.11 Å². The van der Waals surface area contributed by atoms with Crippen LogP contribution in [0.25, 0.3) is 0 Å². The molecular formula is C11H11NO4S. The second-order valence-corrected chi connectivity index (χ2v) is 3.90. The molecule has 1 atom stereocenters. The van der Waals surface area contributed by atoms with Gasteiger partial charge in [-0.15, -0.1) is 0 Å². The number of thiocarbonyl (C=S) groups is 1. The summed E-state index contributed by atoms with van der Waals surface area (Å²) in [6.07, 6.45) is 0.627. The fourth-order valence-electron chi connectivity index (χ4n) is 1.43. The molecule has 0 amide bonds. The molecule has 5 nitrogen and oxygen atoms in total. The van der Waals surface area contributed by atoms with Crippen LogP contribution < -0.4 is 0 Å². The van der Waals surface area contributed by atoms with Gasteiger partial charge in [-0.25, -0.2) is 0 Å². The Labute approximate surface area is 103 Å². The van der Waals surface area contributed by atoms with Gasteiger partial charge in [0, 0.05) is 12.1 Å². The first kappa shape index (κ1) is 13.2. The van der Waals surface area contributed by atoms with Gasteiger partial charge in [0.1, 0.15) is 0 Å². The van der Waals surface area contributed by atoms with Crippen molar-refractivity contribution in [3.05, 3.63) is 39.9 Å². The normalized spacial score (nSPS) is 11.8. The second-order valence-electron chi connectivity index (χ2n) is 3.57. The lowest BCUT2D eigenvalue weighted by atomic mass is 9.97. The maximum absolute atomic E-state index is 10.9. The lowest BCUT2D eigenvalue weighted by Crippen LogP contribution is -2.16. The highest BCUT2D eigenvalue weighted by Crippen LogP contribution is 2.16. The molecule has 0 bridgehead atoms. The molecule has 0 aromatic heterocycles. The number of benzene rings is 1. The molecule has 0 fully saturated rings. The number of rotatable bonds is 6. The standard InChI is InChI=1S/C11H11NO4S/c13-11(14)9(5-6-17)7-8-1-3-10(4-2-8)12(15)16/h1-4,6,9H,5,7H2,(H,13,14). The van der Waals surface area contributed by atoms with Gasteiger partial charge in [0.25, 0.3) is 5.69 Å². The molecule has 1 rings (SSSR count). The van der Waals surface area contributed by atoms with Gasteiger partial charge < -0.3 is 5.11 Å². The first-order valence-corrected chi connectivity index (χ1v) is 5.41. The number of carboxylic acid groups (broad SMARTS) is 1. The van der Waals surface area contributed by atoms with Gasteiger partial charge in [0.2, 0.25) is 0 Å². The van der Waals surface area contributed by atoms with Crippen LogP contribution >= 0.6 is 12.2 Å². The van der Waals surface area contributed by atoms with Crippen molar-refractivity contribution in [1.82, 2.24) is 0 Å². The van der Waals surface area contributed by atoms with Gasteiger partial charge >= 0.3 is 5.97 Å². The Morgan fingerprint density at radius 3 is 2.47 bits per heavy atom. The highest BCUT2D eigenvalue weighted by Gasteiger charge is 2.17. The molecular weight excluding hydrogens is 242 g/mol. The summed E-state index contributed by atoms with van der Waals surface area (Å²) in [6, 6.07) is 5.87. The molecule has 0 saturated carbocycles. The van der Waals surface area contributed by atoms with Crippen LogP contribution in [0.2, 0.25) is 0 Å². The minimum atomic E-state index is -0.913. The molecule has 0 radical (unpaired) electrons. The summed E-state index contributed by atoms with van der Waals surface area (Å²) >= 11 is 4.64. The SMILES string of the molecule is O=C(O)C(CC=S)Cc1ccc([N+](=O)[O-])cc1. The Balaban J connectivity index is 2.76. The summed E-state index contributed by atoms with van der Waals surface area (Å²) in [5.74, 6) is -1.49. The minimum Gasteiger partial charge on any atom is -0.481 e. The van der Waals surface area contributed by atoms with Crippen molar-refractivity contribution in [2.24, 2.45) is 5.92 Å². The number of carbonyl (C=O) groups is 1. The summed E-state index contributed by atoms with van der Waals surface area (Å²) in [6.45, 7) is 0. The van der Waals surface area contributed by atoms with Crippen LogP contribution in [0.1, 0.15) is 12.0 Å². The molecule has 17 heavy (non-hydrogen) atoms.